The lowest BCUT2D eigenvalue weighted by Crippen LogP contribution is -2.33. The summed E-state index contributed by atoms with van der Waals surface area (Å²) < 4.78 is 5.05. The zero-order valence-corrected chi connectivity index (χ0v) is 8.97. The van der Waals surface area contributed by atoms with Gasteiger partial charge in [0.25, 0.3) is 0 Å². The van der Waals surface area contributed by atoms with Crippen LogP contribution in [0.1, 0.15) is 26.7 Å². The van der Waals surface area contributed by atoms with Gasteiger partial charge in [-0.05, 0) is 12.3 Å². The van der Waals surface area contributed by atoms with E-state index in [1.54, 1.807) is 7.11 Å². The predicted octanol–water partition coefficient (Wildman–Crippen LogP) is 1.66. The largest absolute Gasteiger partial charge is 0.384 e. The molecule has 0 fully saturated rings. The Morgan fingerprint density at radius 2 is 2.23 bits per heavy atom. The molecule has 0 saturated heterocycles. The molecule has 0 aliphatic carbocycles. The van der Waals surface area contributed by atoms with Gasteiger partial charge in [0.05, 0.1) is 0 Å². The van der Waals surface area contributed by atoms with E-state index in [0.717, 1.165) is 26.0 Å². The third kappa shape index (κ3) is 6.62. The van der Waals surface area contributed by atoms with Crippen LogP contribution in [0, 0.1) is 18.3 Å². The van der Waals surface area contributed by atoms with Crippen molar-refractivity contribution in [1.29, 1.82) is 0 Å². The average Bonchev–Trinajstić information content (AvgIpc) is 2.12. The highest BCUT2D eigenvalue weighted by Crippen LogP contribution is 1.99. The van der Waals surface area contributed by atoms with Crippen LogP contribution in [0.15, 0.2) is 0 Å². The Hall–Kier alpha value is -0.520. The number of rotatable bonds is 7. The summed E-state index contributed by atoms with van der Waals surface area (Å²) in [4.78, 5) is 0. The molecule has 0 heterocycles. The Morgan fingerprint density at radius 1 is 1.54 bits per heavy atom. The molecule has 0 saturated carbocycles. The first-order chi connectivity index (χ1) is 6.24. The minimum absolute atomic E-state index is 0.462. The van der Waals surface area contributed by atoms with Crippen LogP contribution >= 0.6 is 0 Å². The quantitative estimate of drug-likeness (QED) is 0.606. The highest BCUT2D eigenvalue weighted by molar-refractivity contribution is 4.89. The smallest absolute Gasteiger partial charge is 0.0499 e. The maximum absolute atomic E-state index is 5.26. The van der Waals surface area contributed by atoms with E-state index in [4.69, 9.17) is 11.2 Å². The van der Waals surface area contributed by atoms with E-state index in [2.05, 4.69) is 25.1 Å². The van der Waals surface area contributed by atoms with Crippen molar-refractivity contribution in [3.8, 4) is 12.3 Å². The molecule has 0 aliphatic rings. The van der Waals surface area contributed by atoms with Crippen molar-refractivity contribution in [1.82, 2.24) is 5.32 Å². The summed E-state index contributed by atoms with van der Waals surface area (Å²) in [6.07, 6.45) is 7.16. The molecule has 0 aromatic rings. The summed E-state index contributed by atoms with van der Waals surface area (Å²) in [5.41, 5.74) is 0. The highest BCUT2D eigenvalue weighted by atomic mass is 16.5. The summed E-state index contributed by atoms with van der Waals surface area (Å²) in [5, 5.41) is 3.43. The Morgan fingerprint density at radius 3 is 2.69 bits per heavy atom. The Bertz CT molecular complexity index is 151. The topological polar surface area (TPSA) is 21.3 Å². The third-order valence-electron chi connectivity index (χ3n) is 2.06. The van der Waals surface area contributed by atoms with Crippen LogP contribution in [-0.2, 0) is 4.74 Å². The van der Waals surface area contributed by atoms with Crippen molar-refractivity contribution in [2.45, 2.75) is 32.7 Å². The fourth-order valence-corrected chi connectivity index (χ4v) is 1.21. The van der Waals surface area contributed by atoms with Crippen LogP contribution in [0.4, 0.5) is 0 Å². The van der Waals surface area contributed by atoms with Crippen LogP contribution < -0.4 is 5.32 Å². The van der Waals surface area contributed by atoms with Crippen LogP contribution in [0.25, 0.3) is 0 Å². The van der Waals surface area contributed by atoms with E-state index in [1.165, 1.54) is 0 Å². The van der Waals surface area contributed by atoms with Gasteiger partial charge < -0.3 is 10.1 Å². The molecular formula is C11H21NO. The average molecular weight is 183 g/mol. The SMILES string of the molecule is C#CCC(CC)NCC(C)COC. The molecule has 76 valence electrons. The Labute approximate surface area is 82.1 Å². The first kappa shape index (κ1) is 12.5. The second-order valence-corrected chi connectivity index (χ2v) is 3.48. The molecule has 0 aromatic heterocycles. The standard InChI is InChI=1S/C11H21NO/c1-5-7-11(6-2)12-8-10(3)9-13-4/h1,10-12H,6-9H2,2-4H3. The van der Waals surface area contributed by atoms with Crippen molar-refractivity contribution in [3.63, 3.8) is 0 Å². The van der Waals surface area contributed by atoms with Crippen LogP contribution in [0.5, 0.6) is 0 Å². The monoisotopic (exact) mass is 183 g/mol. The highest BCUT2D eigenvalue weighted by Gasteiger charge is 2.06. The van der Waals surface area contributed by atoms with Crippen molar-refractivity contribution >= 4 is 0 Å². The minimum Gasteiger partial charge on any atom is -0.384 e. The zero-order valence-electron chi connectivity index (χ0n) is 8.97. The van der Waals surface area contributed by atoms with Gasteiger partial charge in [-0.3, -0.25) is 0 Å². The van der Waals surface area contributed by atoms with Crippen molar-refractivity contribution in [2.24, 2.45) is 5.92 Å². The Kier molecular flexibility index (Phi) is 7.77. The van der Waals surface area contributed by atoms with Gasteiger partial charge in [-0.1, -0.05) is 13.8 Å². The van der Waals surface area contributed by atoms with Crippen molar-refractivity contribution < 1.29 is 4.74 Å². The lowest BCUT2D eigenvalue weighted by Gasteiger charge is -2.17. The zero-order chi connectivity index (χ0) is 10.1. The molecule has 1 N–H and O–H groups in total. The molecule has 0 rings (SSSR count). The van der Waals surface area contributed by atoms with E-state index in [9.17, 15) is 0 Å². The van der Waals surface area contributed by atoms with Crippen molar-refractivity contribution in [2.75, 3.05) is 20.3 Å². The first-order valence-electron chi connectivity index (χ1n) is 4.90. The Balaban J connectivity index is 3.53. The molecule has 13 heavy (non-hydrogen) atoms. The summed E-state index contributed by atoms with van der Waals surface area (Å²) >= 11 is 0. The molecule has 0 bridgehead atoms. The number of ether oxygens (including phenoxy) is 1. The van der Waals surface area contributed by atoms with Gasteiger partial charge in [-0.15, -0.1) is 12.3 Å². The summed E-state index contributed by atoms with van der Waals surface area (Å²) in [6.45, 7) is 6.10. The first-order valence-corrected chi connectivity index (χ1v) is 4.90. The number of terminal acetylenes is 1. The number of methoxy groups -OCH3 is 1. The molecular weight excluding hydrogens is 162 g/mol. The lowest BCUT2D eigenvalue weighted by atomic mass is 10.1. The van der Waals surface area contributed by atoms with Gasteiger partial charge >= 0.3 is 0 Å². The second kappa shape index (κ2) is 8.10. The van der Waals surface area contributed by atoms with E-state index in [1.807, 2.05) is 0 Å². The predicted molar refractivity (Wildman–Crippen MR) is 56.6 cm³/mol. The van der Waals surface area contributed by atoms with Gasteiger partial charge in [0.2, 0.25) is 0 Å². The molecule has 2 unspecified atom stereocenters. The number of hydrogen-bond acceptors (Lipinski definition) is 2. The van der Waals surface area contributed by atoms with Gasteiger partial charge in [0.1, 0.15) is 0 Å². The molecule has 0 radical (unpaired) electrons. The van der Waals surface area contributed by atoms with Gasteiger partial charge in [0.15, 0.2) is 0 Å². The van der Waals surface area contributed by atoms with E-state index < -0.39 is 0 Å². The van der Waals surface area contributed by atoms with Gasteiger partial charge in [-0.2, -0.15) is 0 Å². The van der Waals surface area contributed by atoms with Gasteiger partial charge in [-0.25, -0.2) is 0 Å². The maximum atomic E-state index is 5.26. The summed E-state index contributed by atoms with van der Waals surface area (Å²) in [6, 6.07) is 0.462. The van der Waals surface area contributed by atoms with Gasteiger partial charge in [0, 0.05) is 32.7 Å². The molecule has 0 aliphatic heterocycles. The van der Waals surface area contributed by atoms with Crippen LogP contribution in [-0.4, -0.2) is 26.3 Å². The molecule has 2 atom stereocenters. The normalized spacial score (nSPS) is 14.9. The molecule has 0 aromatic carbocycles. The minimum atomic E-state index is 0.462. The van der Waals surface area contributed by atoms with Crippen molar-refractivity contribution in [3.05, 3.63) is 0 Å². The molecule has 0 amide bonds. The second-order valence-electron chi connectivity index (χ2n) is 3.48. The molecule has 2 nitrogen and oxygen atoms in total. The third-order valence-corrected chi connectivity index (χ3v) is 2.06. The summed E-state index contributed by atoms with van der Waals surface area (Å²) in [5.74, 6) is 3.23. The molecule has 2 heteroatoms. The molecule has 0 spiro atoms. The van der Waals surface area contributed by atoms with E-state index in [0.29, 0.717) is 12.0 Å². The fraction of sp³-hybridized carbons (Fsp3) is 0.818. The summed E-state index contributed by atoms with van der Waals surface area (Å²) in [7, 11) is 1.73. The lowest BCUT2D eigenvalue weighted by molar-refractivity contribution is 0.156. The maximum Gasteiger partial charge on any atom is 0.0499 e. The van der Waals surface area contributed by atoms with E-state index in [-0.39, 0.29) is 0 Å². The van der Waals surface area contributed by atoms with E-state index >= 15 is 0 Å². The fourth-order valence-electron chi connectivity index (χ4n) is 1.21. The number of nitrogens with one attached hydrogen (secondary N) is 1. The van der Waals surface area contributed by atoms with Crippen LogP contribution in [0.2, 0.25) is 0 Å². The van der Waals surface area contributed by atoms with Crippen LogP contribution in [0.3, 0.4) is 0 Å². The number of hydrogen-bond donors (Lipinski definition) is 1.